The summed E-state index contributed by atoms with van der Waals surface area (Å²) in [6.45, 7) is 2.10. The average Bonchev–Trinajstić information content (AvgIpc) is 3.28. The van der Waals surface area contributed by atoms with Crippen LogP contribution in [0.4, 0.5) is 0 Å². The Kier molecular flexibility index (Phi) is 4.86. The molecule has 0 radical (unpaired) electrons. The van der Waals surface area contributed by atoms with Crippen molar-refractivity contribution in [2.24, 2.45) is 7.05 Å². The summed E-state index contributed by atoms with van der Waals surface area (Å²) < 4.78 is 2.04. The first-order chi connectivity index (χ1) is 12.7. The molecule has 0 saturated carbocycles. The van der Waals surface area contributed by atoms with Gasteiger partial charge in [-0.2, -0.15) is 0 Å². The van der Waals surface area contributed by atoms with Crippen LogP contribution in [-0.2, 0) is 12.8 Å². The average molecular weight is 379 g/mol. The summed E-state index contributed by atoms with van der Waals surface area (Å²) in [5.74, 6) is 1.66. The number of hydrogen-bond donors (Lipinski definition) is 0. The molecule has 0 atom stereocenters. The molecule has 0 spiro atoms. The summed E-state index contributed by atoms with van der Waals surface area (Å²) in [6.07, 6.45) is 0. The van der Waals surface area contributed by atoms with Gasteiger partial charge in [0.2, 0.25) is 0 Å². The molecule has 26 heavy (non-hydrogen) atoms. The van der Waals surface area contributed by atoms with Crippen LogP contribution in [0.2, 0.25) is 0 Å². The number of aromatic nitrogens is 4. The lowest BCUT2D eigenvalue weighted by Crippen LogP contribution is -1.95. The highest BCUT2D eigenvalue weighted by atomic mass is 32.2. The smallest absolute Gasteiger partial charge is 0.191 e. The minimum absolute atomic E-state index is 0.781. The van der Waals surface area contributed by atoms with Crippen molar-refractivity contribution in [3.8, 4) is 22.0 Å². The van der Waals surface area contributed by atoms with E-state index in [1.807, 2.05) is 41.9 Å². The first-order valence-corrected chi connectivity index (χ1v) is 10.2. The van der Waals surface area contributed by atoms with Crippen LogP contribution < -0.4 is 0 Å². The van der Waals surface area contributed by atoms with Crippen molar-refractivity contribution >= 4 is 23.1 Å². The second kappa shape index (κ2) is 7.43. The zero-order valence-electron chi connectivity index (χ0n) is 14.6. The van der Waals surface area contributed by atoms with Gasteiger partial charge in [0.25, 0.3) is 0 Å². The molecule has 0 amide bonds. The fourth-order valence-corrected chi connectivity index (χ4v) is 4.43. The molecule has 0 fully saturated rings. The normalized spacial score (nSPS) is 11.0. The Morgan fingerprint density at radius 2 is 1.81 bits per heavy atom. The molecule has 0 aliphatic carbocycles. The minimum atomic E-state index is 0.781. The SMILES string of the molecule is Cc1cccc(-c2nc(CSc3nnc(-c4ccccc4)n3C)cs2)c1. The van der Waals surface area contributed by atoms with E-state index in [1.165, 1.54) is 11.1 Å². The Labute approximate surface area is 161 Å². The van der Waals surface area contributed by atoms with Crippen molar-refractivity contribution in [2.45, 2.75) is 17.8 Å². The van der Waals surface area contributed by atoms with E-state index in [1.54, 1.807) is 23.1 Å². The van der Waals surface area contributed by atoms with Crippen molar-refractivity contribution in [3.05, 3.63) is 71.2 Å². The first-order valence-electron chi connectivity index (χ1n) is 8.30. The van der Waals surface area contributed by atoms with Gasteiger partial charge in [0, 0.05) is 29.3 Å². The standard InChI is InChI=1S/C20H18N4S2/c1-14-7-6-10-16(11-14)19-21-17(12-25-19)13-26-20-23-22-18(24(20)2)15-8-4-3-5-9-15/h3-12H,13H2,1-2H3. The number of thioether (sulfide) groups is 1. The summed E-state index contributed by atoms with van der Waals surface area (Å²) in [5.41, 5.74) is 4.57. The second-order valence-electron chi connectivity index (χ2n) is 6.03. The Morgan fingerprint density at radius 1 is 1.00 bits per heavy atom. The van der Waals surface area contributed by atoms with Crippen molar-refractivity contribution in [2.75, 3.05) is 0 Å². The van der Waals surface area contributed by atoms with Crippen LogP contribution in [0.15, 0.2) is 65.1 Å². The molecule has 2 heterocycles. The lowest BCUT2D eigenvalue weighted by Gasteiger charge is -2.03. The van der Waals surface area contributed by atoms with Gasteiger partial charge in [-0.25, -0.2) is 4.98 Å². The molecule has 0 unspecified atom stereocenters. The quantitative estimate of drug-likeness (QED) is 0.447. The van der Waals surface area contributed by atoms with Gasteiger partial charge >= 0.3 is 0 Å². The molecule has 2 aromatic heterocycles. The van der Waals surface area contributed by atoms with Crippen LogP contribution in [0.1, 0.15) is 11.3 Å². The number of nitrogens with zero attached hydrogens (tertiary/aromatic N) is 4. The van der Waals surface area contributed by atoms with Crippen molar-refractivity contribution in [1.29, 1.82) is 0 Å². The maximum absolute atomic E-state index is 4.77. The third-order valence-corrected chi connectivity index (χ3v) is 6.03. The molecule has 0 saturated heterocycles. The van der Waals surface area contributed by atoms with Gasteiger partial charge in [-0.3, -0.25) is 0 Å². The zero-order valence-corrected chi connectivity index (χ0v) is 16.2. The van der Waals surface area contributed by atoms with E-state index in [0.29, 0.717) is 0 Å². The number of hydrogen-bond acceptors (Lipinski definition) is 5. The van der Waals surface area contributed by atoms with Gasteiger partial charge in [-0.05, 0) is 13.0 Å². The van der Waals surface area contributed by atoms with Crippen LogP contribution in [0.3, 0.4) is 0 Å². The highest BCUT2D eigenvalue weighted by Crippen LogP contribution is 2.29. The lowest BCUT2D eigenvalue weighted by atomic mass is 10.1. The largest absolute Gasteiger partial charge is 0.305 e. The van der Waals surface area contributed by atoms with E-state index < -0.39 is 0 Å². The van der Waals surface area contributed by atoms with Gasteiger partial charge in [0.05, 0.1) is 5.69 Å². The molecule has 2 aromatic carbocycles. The fraction of sp³-hybridized carbons (Fsp3) is 0.150. The predicted molar refractivity (Wildman–Crippen MR) is 108 cm³/mol. The molecular formula is C20H18N4S2. The maximum Gasteiger partial charge on any atom is 0.191 e. The van der Waals surface area contributed by atoms with Crippen molar-refractivity contribution < 1.29 is 0 Å². The number of rotatable bonds is 5. The molecule has 0 aliphatic rings. The third-order valence-electron chi connectivity index (χ3n) is 4.03. The summed E-state index contributed by atoms with van der Waals surface area (Å²) in [6, 6.07) is 18.6. The van der Waals surface area contributed by atoms with Gasteiger partial charge in [0.1, 0.15) is 5.01 Å². The molecular weight excluding hydrogens is 360 g/mol. The lowest BCUT2D eigenvalue weighted by molar-refractivity contribution is 0.793. The van der Waals surface area contributed by atoms with E-state index in [-0.39, 0.29) is 0 Å². The Bertz CT molecular complexity index is 1020. The maximum atomic E-state index is 4.77. The Morgan fingerprint density at radius 3 is 2.62 bits per heavy atom. The van der Waals surface area contributed by atoms with E-state index in [9.17, 15) is 0 Å². The molecule has 4 nitrogen and oxygen atoms in total. The van der Waals surface area contributed by atoms with E-state index >= 15 is 0 Å². The molecule has 4 rings (SSSR count). The van der Waals surface area contributed by atoms with Crippen LogP contribution >= 0.6 is 23.1 Å². The van der Waals surface area contributed by atoms with Crippen LogP contribution in [-0.4, -0.2) is 19.7 Å². The van der Waals surface area contributed by atoms with Crippen LogP contribution in [0.5, 0.6) is 0 Å². The predicted octanol–water partition coefficient (Wildman–Crippen LogP) is 5.21. The Balaban J connectivity index is 1.48. The molecule has 4 aromatic rings. The monoisotopic (exact) mass is 378 g/mol. The highest BCUT2D eigenvalue weighted by molar-refractivity contribution is 7.98. The highest BCUT2D eigenvalue weighted by Gasteiger charge is 2.12. The number of thiazole rings is 1. The summed E-state index contributed by atoms with van der Waals surface area (Å²) in [7, 11) is 2.00. The van der Waals surface area contributed by atoms with Gasteiger partial charge in [-0.15, -0.1) is 21.5 Å². The molecule has 6 heteroatoms. The van der Waals surface area contributed by atoms with Crippen molar-refractivity contribution in [1.82, 2.24) is 19.7 Å². The summed E-state index contributed by atoms with van der Waals surface area (Å²) in [5, 5.41) is 12.8. The van der Waals surface area contributed by atoms with Gasteiger partial charge < -0.3 is 4.57 Å². The minimum Gasteiger partial charge on any atom is -0.305 e. The Hall–Kier alpha value is -2.44. The molecule has 0 N–H and O–H groups in total. The number of benzene rings is 2. The van der Waals surface area contributed by atoms with E-state index in [0.717, 1.165) is 33.0 Å². The van der Waals surface area contributed by atoms with E-state index in [2.05, 4.69) is 46.8 Å². The van der Waals surface area contributed by atoms with Gasteiger partial charge in [0.15, 0.2) is 11.0 Å². The number of aryl methyl sites for hydroxylation is 1. The van der Waals surface area contributed by atoms with Crippen LogP contribution in [0, 0.1) is 6.92 Å². The van der Waals surface area contributed by atoms with E-state index in [4.69, 9.17) is 4.98 Å². The molecule has 0 aliphatic heterocycles. The topological polar surface area (TPSA) is 43.6 Å². The zero-order chi connectivity index (χ0) is 17.9. The summed E-state index contributed by atoms with van der Waals surface area (Å²) >= 11 is 3.35. The third kappa shape index (κ3) is 3.57. The first kappa shape index (κ1) is 17.0. The van der Waals surface area contributed by atoms with Crippen molar-refractivity contribution in [3.63, 3.8) is 0 Å². The second-order valence-corrected chi connectivity index (χ2v) is 7.83. The van der Waals surface area contributed by atoms with Gasteiger partial charge in [-0.1, -0.05) is 65.9 Å². The van der Waals surface area contributed by atoms with Crippen LogP contribution in [0.25, 0.3) is 22.0 Å². The molecule has 0 bridgehead atoms. The molecule has 130 valence electrons. The fourth-order valence-electron chi connectivity index (χ4n) is 2.70. The summed E-state index contributed by atoms with van der Waals surface area (Å²) in [4.78, 5) is 4.77.